The summed E-state index contributed by atoms with van der Waals surface area (Å²) in [6, 6.07) is 5.50. The molecule has 7 heteroatoms. The largest absolute Gasteiger partial charge is 0.344 e. The lowest BCUT2D eigenvalue weighted by Gasteiger charge is -2.24. The molecule has 134 valence electrons. The number of halogens is 1. The Hall–Kier alpha value is -2.44. The molecule has 1 aromatic carbocycles. The molecule has 2 fully saturated rings. The minimum absolute atomic E-state index is 0.0184. The molecule has 6 nitrogen and oxygen atoms in total. The van der Waals surface area contributed by atoms with E-state index in [2.05, 4.69) is 5.32 Å². The van der Waals surface area contributed by atoms with Crippen molar-refractivity contribution in [2.45, 2.75) is 31.7 Å². The number of rotatable bonds is 3. The van der Waals surface area contributed by atoms with E-state index in [4.69, 9.17) is 0 Å². The van der Waals surface area contributed by atoms with Gasteiger partial charge in [0.25, 0.3) is 0 Å². The second-order valence-electron chi connectivity index (χ2n) is 6.52. The van der Waals surface area contributed by atoms with E-state index in [0.29, 0.717) is 45.4 Å². The van der Waals surface area contributed by atoms with Crippen molar-refractivity contribution in [2.75, 3.05) is 26.2 Å². The molecule has 2 aliphatic rings. The Kier molecular flexibility index (Phi) is 5.31. The van der Waals surface area contributed by atoms with E-state index in [-0.39, 0.29) is 30.0 Å². The second-order valence-corrected chi connectivity index (χ2v) is 6.52. The van der Waals surface area contributed by atoms with Gasteiger partial charge in [0, 0.05) is 32.6 Å². The van der Waals surface area contributed by atoms with Gasteiger partial charge in [-0.25, -0.2) is 4.39 Å². The van der Waals surface area contributed by atoms with Crippen molar-refractivity contribution in [2.24, 2.45) is 0 Å². The van der Waals surface area contributed by atoms with Crippen LogP contribution >= 0.6 is 0 Å². The Labute approximate surface area is 146 Å². The van der Waals surface area contributed by atoms with E-state index in [1.807, 2.05) is 0 Å². The minimum atomic E-state index is -0.422. The van der Waals surface area contributed by atoms with Crippen LogP contribution in [0.25, 0.3) is 0 Å². The summed E-state index contributed by atoms with van der Waals surface area (Å²) in [5, 5.41) is 2.70. The standard InChI is InChI=1S/C18H22FN3O3/c19-14-4-2-13(3-5-14)12-17(24)21-8-1-9-22(11-10-21)18(25)15-6-7-16(23)20-15/h2-5,15H,1,6-12H2,(H,20,23). The van der Waals surface area contributed by atoms with Crippen LogP contribution < -0.4 is 5.32 Å². The van der Waals surface area contributed by atoms with Crippen LogP contribution in [0.4, 0.5) is 4.39 Å². The maximum Gasteiger partial charge on any atom is 0.245 e. The second kappa shape index (κ2) is 7.63. The quantitative estimate of drug-likeness (QED) is 0.875. The normalized spacial score (nSPS) is 21.0. The lowest BCUT2D eigenvalue weighted by molar-refractivity contribution is -0.135. The average Bonchev–Trinajstić information content (AvgIpc) is 2.89. The number of carbonyl (C=O) groups is 3. The van der Waals surface area contributed by atoms with Crippen LogP contribution in [0.5, 0.6) is 0 Å². The van der Waals surface area contributed by atoms with Gasteiger partial charge in [-0.3, -0.25) is 14.4 Å². The van der Waals surface area contributed by atoms with Crippen LogP contribution in [0.3, 0.4) is 0 Å². The van der Waals surface area contributed by atoms with Crippen molar-refractivity contribution in [3.05, 3.63) is 35.6 Å². The summed E-state index contributed by atoms with van der Waals surface area (Å²) in [5.74, 6) is -0.475. The molecule has 0 radical (unpaired) electrons. The van der Waals surface area contributed by atoms with E-state index in [1.165, 1.54) is 12.1 Å². The average molecular weight is 347 g/mol. The van der Waals surface area contributed by atoms with Crippen LogP contribution in [-0.4, -0.2) is 59.7 Å². The number of amides is 3. The molecule has 25 heavy (non-hydrogen) atoms. The summed E-state index contributed by atoms with van der Waals surface area (Å²) in [7, 11) is 0. The van der Waals surface area contributed by atoms with Crippen molar-refractivity contribution >= 4 is 17.7 Å². The zero-order chi connectivity index (χ0) is 17.8. The number of nitrogens with zero attached hydrogens (tertiary/aromatic N) is 2. The molecule has 2 heterocycles. The van der Waals surface area contributed by atoms with Gasteiger partial charge < -0.3 is 15.1 Å². The van der Waals surface area contributed by atoms with Crippen LogP contribution in [0, 0.1) is 5.82 Å². The summed E-state index contributed by atoms with van der Waals surface area (Å²) in [5.41, 5.74) is 0.775. The van der Waals surface area contributed by atoms with Gasteiger partial charge in [0.2, 0.25) is 17.7 Å². The van der Waals surface area contributed by atoms with E-state index < -0.39 is 6.04 Å². The summed E-state index contributed by atoms with van der Waals surface area (Å²) in [4.78, 5) is 39.7. The van der Waals surface area contributed by atoms with Gasteiger partial charge in [-0.1, -0.05) is 12.1 Å². The predicted octanol–water partition coefficient (Wildman–Crippen LogP) is 0.708. The van der Waals surface area contributed by atoms with Gasteiger partial charge in [-0.2, -0.15) is 0 Å². The van der Waals surface area contributed by atoms with E-state index in [1.54, 1.807) is 21.9 Å². The minimum Gasteiger partial charge on any atom is -0.344 e. The Morgan fingerprint density at radius 1 is 1.08 bits per heavy atom. The highest BCUT2D eigenvalue weighted by Gasteiger charge is 2.31. The van der Waals surface area contributed by atoms with Crippen LogP contribution in [0.15, 0.2) is 24.3 Å². The molecule has 2 saturated heterocycles. The maximum atomic E-state index is 12.9. The first kappa shape index (κ1) is 17.4. The van der Waals surface area contributed by atoms with Crippen molar-refractivity contribution < 1.29 is 18.8 Å². The molecule has 0 bridgehead atoms. The first-order valence-electron chi connectivity index (χ1n) is 8.63. The molecule has 1 unspecified atom stereocenters. The Bertz CT molecular complexity index is 662. The van der Waals surface area contributed by atoms with Gasteiger partial charge in [0.15, 0.2) is 0 Å². The van der Waals surface area contributed by atoms with E-state index in [9.17, 15) is 18.8 Å². The van der Waals surface area contributed by atoms with Crippen LogP contribution in [0.1, 0.15) is 24.8 Å². The van der Waals surface area contributed by atoms with E-state index in [0.717, 1.165) is 5.56 Å². The summed E-state index contributed by atoms with van der Waals surface area (Å²) in [6.45, 7) is 2.14. The lowest BCUT2D eigenvalue weighted by Crippen LogP contribution is -2.46. The first-order chi connectivity index (χ1) is 12.0. The fraction of sp³-hybridized carbons (Fsp3) is 0.500. The fourth-order valence-corrected chi connectivity index (χ4v) is 3.30. The molecular formula is C18H22FN3O3. The fourth-order valence-electron chi connectivity index (χ4n) is 3.30. The third kappa shape index (κ3) is 4.35. The molecule has 0 aliphatic carbocycles. The van der Waals surface area contributed by atoms with Gasteiger partial charge in [0.1, 0.15) is 11.9 Å². The summed E-state index contributed by atoms with van der Waals surface area (Å²) in [6.07, 6.45) is 1.88. The molecule has 3 rings (SSSR count). The van der Waals surface area contributed by atoms with Crippen molar-refractivity contribution in [3.63, 3.8) is 0 Å². The molecule has 0 aromatic heterocycles. The van der Waals surface area contributed by atoms with Crippen LogP contribution in [-0.2, 0) is 20.8 Å². The molecule has 0 saturated carbocycles. The highest BCUT2D eigenvalue weighted by molar-refractivity contribution is 5.90. The highest BCUT2D eigenvalue weighted by Crippen LogP contribution is 2.13. The summed E-state index contributed by atoms with van der Waals surface area (Å²) >= 11 is 0. The molecule has 1 N–H and O–H groups in total. The molecule has 3 amide bonds. The molecule has 0 spiro atoms. The highest BCUT2D eigenvalue weighted by atomic mass is 19.1. The van der Waals surface area contributed by atoms with E-state index >= 15 is 0 Å². The van der Waals surface area contributed by atoms with Gasteiger partial charge in [0.05, 0.1) is 6.42 Å². The zero-order valence-electron chi connectivity index (χ0n) is 14.0. The van der Waals surface area contributed by atoms with Crippen molar-refractivity contribution in [1.29, 1.82) is 0 Å². The van der Waals surface area contributed by atoms with Gasteiger partial charge >= 0.3 is 0 Å². The van der Waals surface area contributed by atoms with Crippen molar-refractivity contribution in [1.82, 2.24) is 15.1 Å². The third-order valence-electron chi connectivity index (χ3n) is 4.72. The van der Waals surface area contributed by atoms with Crippen LogP contribution in [0.2, 0.25) is 0 Å². The third-order valence-corrected chi connectivity index (χ3v) is 4.72. The smallest absolute Gasteiger partial charge is 0.245 e. The van der Waals surface area contributed by atoms with Gasteiger partial charge in [-0.05, 0) is 30.5 Å². The first-order valence-corrected chi connectivity index (χ1v) is 8.63. The number of hydrogen-bond donors (Lipinski definition) is 1. The predicted molar refractivity (Wildman–Crippen MR) is 89.0 cm³/mol. The number of hydrogen-bond acceptors (Lipinski definition) is 3. The summed E-state index contributed by atoms with van der Waals surface area (Å²) < 4.78 is 12.9. The topological polar surface area (TPSA) is 69.7 Å². The molecule has 2 aliphatic heterocycles. The molecule has 1 atom stereocenters. The lowest BCUT2D eigenvalue weighted by atomic mass is 10.1. The SMILES string of the molecule is O=C1CCC(C(=O)N2CCCN(C(=O)Cc3ccc(F)cc3)CC2)N1. The van der Waals surface area contributed by atoms with Crippen molar-refractivity contribution in [3.8, 4) is 0 Å². The molecular weight excluding hydrogens is 325 g/mol. The number of carbonyl (C=O) groups excluding carboxylic acids is 3. The number of nitrogens with one attached hydrogen (secondary N) is 1. The zero-order valence-corrected chi connectivity index (χ0v) is 14.0. The monoisotopic (exact) mass is 347 g/mol. The number of benzene rings is 1. The molecule has 1 aromatic rings. The van der Waals surface area contributed by atoms with Gasteiger partial charge in [-0.15, -0.1) is 0 Å². The Balaban J connectivity index is 1.54. The Morgan fingerprint density at radius 3 is 2.44 bits per heavy atom. The Morgan fingerprint density at radius 2 is 1.76 bits per heavy atom. The maximum absolute atomic E-state index is 12.9.